The van der Waals surface area contributed by atoms with E-state index in [4.69, 9.17) is 5.84 Å². The lowest BCUT2D eigenvalue weighted by molar-refractivity contribution is -0.121. The minimum Gasteiger partial charge on any atom is -0.390 e. The van der Waals surface area contributed by atoms with Crippen molar-refractivity contribution >= 4 is 5.91 Å². The van der Waals surface area contributed by atoms with Gasteiger partial charge in [0.05, 0.1) is 5.60 Å². The van der Waals surface area contributed by atoms with E-state index in [1.54, 1.807) is 0 Å². The third-order valence-corrected chi connectivity index (χ3v) is 3.67. The molecule has 1 rings (SSSR count). The van der Waals surface area contributed by atoms with Gasteiger partial charge in [0.25, 0.3) is 0 Å². The summed E-state index contributed by atoms with van der Waals surface area (Å²) < 4.78 is 0. The molecule has 0 bridgehead atoms. The predicted octanol–water partition coefficient (Wildman–Crippen LogP) is 0.382. The van der Waals surface area contributed by atoms with E-state index in [9.17, 15) is 9.90 Å². The number of carbonyl (C=O) groups excluding carboxylic acids is 1. The molecule has 0 aromatic carbocycles. The van der Waals surface area contributed by atoms with Crippen molar-refractivity contribution in [3.05, 3.63) is 0 Å². The summed E-state index contributed by atoms with van der Waals surface area (Å²) in [5.74, 6) is 4.94. The molecule has 0 spiro atoms. The number of hydrogen-bond donors (Lipinski definition) is 3. The first kappa shape index (κ1) is 14.4. The Morgan fingerprint density at radius 1 is 1.53 bits per heavy atom. The minimum absolute atomic E-state index is 0.112. The van der Waals surface area contributed by atoms with Crippen LogP contribution in [0.5, 0.6) is 0 Å². The Hall–Kier alpha value is -0.650. The van der Waals surface area contributed by atoms with Crippen molar-refractivity contribution in [3.8, 4) is 0 Å². The van der Waals surface area contributed by atoms with Gasteiger partial charge in [0.15, 0.2) is 0 Å². The molecular formula is C12H25N3O2. The molecule has 0 aliphatic carbocycles. The van der Waals surface area contributed by atoms with Gasteiger partial charge in [-0.1, -0.05) is 0 Å². The average molecular weight is 243 g/mol. The van der Waals surface area contributed by atoms with E-state index >= 15 is 0 Å². The molecule has 5 nitrogen and oxygen atoms in total. The second kappa shape index (κ2) is 6.33. The number of rotatable bonds is 4. The third kappa shape index (κ3) is 5.02. The second-order valence-corrected chi connectivity index (χ2v) is 5.34. The molecule has 17 heavy (non-hydrogen) atoms. The van der Waals surface area contributed by atoms with Crippen molar-refractivity contribution in [2.75, 3.05) is 13.1 Å². The van der Waals surface area contributed by atoms with Crippen molar-refractivity contribution in [2.24, 2.45) is 5.84 Å². The zero-order chi connectivity index (χ0) is 12.9. The van der Waals surface area contributed by atoms with Gasteiger partial charge in [-0.25, -0.2) is 5.84 Å². The fourth-order valence-electron chi connectivity index (χ4n) is 2.32. The minimum atomic E-state index is -0.525. The van der Waals surface area contributed by atoms with Crippen LogP contribution in [-0.4, -0.2) is 40.6 Å². The van der Waals surface area contributed by atoms with Crippen LogP contribution >= 0.6 is 0 Å². The van der Waals surface area contributed by atoms with E-state index in [1.807, 2.05) is 6.92 Å². The van der Waals surface area contributed by atoms with Gasteiger partial charge in [-0.15, -0.1) is 0 Å². The quantitative estimate of drug-likeness (QED) is 0.379. The standard InChI is InChI=1S/C12H25N3O2/c1-10(4-5-11(16)14-13)15-8-3-6-12(2,17)7-9-15/h10,17H,3-9,13H2,1-2H3,(H,14,16). The fraction of sp³-hybridized carbons (Fsp3) is 0.917. The van der Waals surface area contributed by atoms with Crippen LogP contribution in [0.2, 0.25) is 0 Å². The monoisotopic (exact) mass is 243 g/mol. The second-order valence-electron chi connectivity index (χ2n) is 5.34. The molecule has 0 aromatic rings. The SMILES string of the molecule is CC(CCC(=O)NN)N1CCCC(C)(O)CC1. The molecule has 2 unspecified atom stereocenters. The molecule has 1 heterocycles. The molecule has 5 heteroatoms. The van der Waals surface area contributed by atoms with Gasteiger partial charge in [-0.3, -0.25) is 10.2 Å². The highest BCUT2D eigenvalue weighted by Gasteiger charge is 2.26. The molecule has 4 N–H and O–H groups in total. The van der Waals surface area contributed by atoms with Crippen LogP contribution in [-0.2, 0) is 4.79 Å². The lowest BCUT2D eigenvalue weighted by Gasteiger charge is -2.28. The maximum atomic E-state index is 11.1. The lowest BCUT2D eigenvalue weighted by Crippen LogP contribution is -2.37. The Balaban J connectivity index is 2.36. The number of hydrazine groups is 1. The van der Waals surface area contributed by atoms with E-state index in [-0.39, 0.29) is 5.91 Å². The molecule has 100 valence electrons. The van der Waals surface area contributed by atoms with E-state index in [0.29, 0.717) is 12.5 Å². The summed E-state index contributed by atoms with van der Waals surface area (Å²) in [4.78, 5) is 13.4. The molecule has 1 aliphatic heterocycles. The Morgan fingerprint density at radius 3 is 2.88 bits per heavy atom. The van der Waals surface area contributed by atoms with Gasteiger partial charge >= 0.3 is 0 Å². The summed E-state index contributed by atoms with van der Waals surface area (Å²) in [6, 6.07) is 0.362. The molecule has 1 fully saturated rings. The highest BCUT2D eigenvalue weighted by atomic mass is 16.3. The Kier molecular flexibility index (Phi) is 5.36. The Bertz CT molecular complexity index is 256. The van der Waals surface area contributed by atoms with E-state index < -0.39 is 5.60 Å². The van der Waals surface area contributed by atoms with Crippen molar-refractivity contribution in [3.63, 3.8) is 0 Å². The number of hydrogen-bond acceptors (Lipinski definition) is 4. The predicted molar refractivity (Wildman–Crippen MR) is 67.1 cm³/mol. The van der Waals surface area contributed by atoms with E-state index in [1.165, 1.54) is 0 Å². The molecule has 1 saturated heterocycles. The lowest BCUT2D eigenvalue weighted by atomic mass is 9.98. The van der Waals surface area contributed by atoms with Crippen LogP contribution in [0.3, 0.4) is 0 Å². The van der Waals surface area contributed by atoms with Crippen LogP contribution in [0.4, 0.5) is 0 Å². The number of carbonyl (C=O) groups is 1. The van der Waals surface area contributed by atoms with Gasteiger partial charge in [-0.2, -0.15) is 0 Å². The first-order valence-corrected chi connectivity index (χ1v) is 6.40. The Morgan fingerprint density at radius 2 is 2.24 bits per heavy atom. The number of aliphatic hydroxyl groups is 1. The first-order chi connectivity index (χ1) is 7.94. The van der Waals surface area contributed by atoms with Crippen molar-refractivity contribution in [2.45, 2.75) is 57.6 Å². The zero-order valence-electron chi connectivity index (χ0n) is 10.9. The summed E-state index contributed by atoms with van der Waals surface area (Å²) >= 11 is 0. The average Bonchev–Trinajstić information content (AvgIpc) is 2.46. The first-order valence-electron chi connectivity index (χ1n) is 6.40. The summed E-state index contributed by atoms with van der Waals surface area (Å²) in [6.07, 6.45) is 3.95. The number of nitrogens with one attached hydrogen (secondary N) is 1. The van der Waals surface area contributed by atoms with Crippen molar-refractivity contribution in [1.29, 1.82) is 0 Å². The van der Waals surface area contributed by atoms with Crippen molar-refractivity contribution in [1.82, 2.24) is 10.3 Å². The highest BCUT2D eigenvalue weighted by molar-refractivity contribution is 5.75. The van der Waals surface area contributed by atoms with Gasteiger partial charge < -0.3 is 10.0 Å². The molecule has 1 aliphatic rings. The molecule has 0 saturated carbocycles. The molecule has 2 atom stereocenters. The molecule has 0 aromatic heterocycles. The normalized spacial score (nSPS) is 28.5. The molecule has 0 radical (unpaired) electrons. The number of nitrogens with two attached hydrogens (primary N) is 1. The smallest absolute Gasteiger partial charge is 0.233 e. The maximum Gasteiger partial charge on any atom is 0.233 e. The van der Waals surface area contributed by atoms with Crippen LogP contribution in [0.25, 0.3) is 0 Å². The largest absolute Gasteiger partial charge is 0.390 e. The van der Waals surface area contributed by atoms with Gasteiger partial charge in [-0.05, 0) is 46.1 Å². The van der Waals surface area contributed by atoms with E-state index in [0.717, 1.165) is 38.8 Å². The van der Waals surface area contributed by atoms with Crippen LogP contribution in [0.1, 0.15) is 46.0 Å². The third-order valence-electron chi connectivity index (χ3n) is 3.67. The molecule has 1 amide bonds. The zero-order valence-corrected chi connectivity index (χ0v) is 10.9. The summed E-state index contributed by atoms with van der Waals surface area (Å²) in [5, 5.41) is 10.0. The van der Waals surface area contributed by atoms with Crippen LogP contribution < -0.4 is 11.3 Å². The topological polar surface area (TPSA) is 78.6 Å². The summed E-state index contributed by atoms with van der Waals surface area (Å²) in [6.45, 7) is 5.94. The summed E-state index contributed by atoms with van der Waals surface area (Å²) in [7, 11) is 0. The van der Waals surface area contributed by atoms with Crippen LogP contribution in [0, 0.1) is 0 Å². The van der Waals surface area contributed by atoms with E-state index in [2.05, 4.69) is 17.2 Å². The van der Waals surface area contributed by atoms with Crippen LogP contribution in [0.15, 0.2) is 0 Å². The van der Waals surface area contributed by atoms with Gasteiger partial charge in [0, 0.05) is 19.0 Å². The Labute approximate surface area is 103 Å². The fourth-order valence-corrected chi connectivity index (χ4v) is 2.32. The highest BCUT2D eigenvalue weighted by Crippen LogP contribution is 2.23. The van der Waals surface area contributed by atoms with Gasteiger partial charge in [0.1, 0.15) is 0 Å². The molecular weight excluding hydrogens is 218 g/mol. The maximum absolute atomic E-state index is 11.1. The summed E-state index contributed by atoms with van der Waals surface area (Å²) in [5.41, 5.74) is 1.63. The van der Waals surface area contributed by atoms with Gasteiger partial charge in [0.2, 0.25) is 5.91 Å². The number of nitrogens with zero attached hydrogens (tertiary/aromatic N) is 1. The number of likely N-dealkylation sites (tertiary alicyclic amines) is 1. The number of amides is 1. The van der Waals surface area contributed by atoms with Crippen molar-refractivity contribution < 1.29 is 9.90 Å².